The molecule has 1 aliphatic heterocycles. The molecule has 0 spiro atoms. The van der Waals surface area contributed by atoms with E-state index in [-0.39, 0.29) is 17.0 Å². The van der Waals surface area contributed by atoms with Crippen LogP contribution in [0.15, 0.2) is 65.4 Å². The fraction of sp³-hybridized carbons (Fsp3) is 0.296. The molecule has 170 valence electrons. The van der Waals surface area contributed by atoms with Crippen molar-refractivity contribution in [1.29, 1.82) is 0 Å². The van der Waals surface area contributed by atoms with E-state index in [1.54, 1.807) is 12.3 Å². The summed E-state index contributed by atoms with van der Waals surface area (Å²) < 4.78 is 12.4. The summed E-state index contributed by atoms with van der Waals surface area (Å²) >= 11 is 0. The van der Waals surface area contributed by atoms with Gasteiger partial charge in [-0.1, -0.05) is 51.1 Å². The van der Waals surface area contributed by atoms with E-state index < -0.39 is 17.7 Å². The van der Waals surface area contributed by atoms with E-state index >= 15 is 0 Å². The summed E-state index contributed by atoms with van der Waals surface area (Å²) in [5.41, 5.74) is 2.86. The van der Waals surface area contributed by atoms with E-state index in [0.717, 1.165) is 10.9 Å². The topological polar surface area (TPSA) is 69.9 Å². The molecule has 0 saturated carbocycles. The molecule has 0 bridgehead atoms. The number of nitrogens with zero attached hydrogens (tertiary/aromatic N) is 2. The standard InChI is InChI=1S/C27H28N2O4/c1-26(2,3)19-13-11-17(12-14-19)23-28-21(24(30)32-23)15-18-16-29(25(31)33-27(4,5)6)22-10-8-7-9-20(18)22/h7-16H,1-6H3/b21-15+. The van der Waals surface area contributed by atoms with E-state index in [4.69, 9.17) is 9.47 Å². The smallest absolute Gasteiger partial charge is 0.419 e. The lowest BCUT2D eigenvalue weighted by Crippen LogP contribution is -2.26. The lowest BCUT2D eigenvalue weighted by Gasteiger charge is -2.19. The van der Waals surface area contributed by atoms with Crippen molar-refractivity contribution in [3.05, 3.63) is 77.1 Å². The maximum Gasteiger partial charge on any atom is 0.419 e. The number of aliphatic imine (C=N–C) groups is 1. The van der Waals surface area contributed by atoms with Gasteiger partial charge >= 0.3 is 12.1 Å². The molecular weight excluding hydrogens is 416 g/mol. The van der Waals surface area contributed by atoms with Crippen LogP contribution in [0.25, 0.3) is 17.0 Å². The number of rotatable bonds is 2. The molecule has 0 saturated heterocycles. The summed E-state index contributed by atoms with van der Waals surface area (Å²) in [6.07, 6.45) is 2.81. The molecule has 1 aromatic heterocycles. The highest BCUT2D eigenvalue weighted by Crippen LogP contribution is 2.28. The number of aromatic nitrogens is 1. The molecule has 0 fully saturated rings. The number of benzene rings is 2. The van der Waals surface area contributed by atoms with Gasteiger partial charge in [0.2, 0.25) is 5.90 Å². The van der Waals surface area contributed by atoms with Crippen LogP contribution in [0.5, 0.6) is 0 Å². The number of hydrogen-bond donors (Lipinski definition) is 0. The van der Waals surface area contributed by atoms with Gasteiger partial charge in [0.1, 0.15) is 5.60 Å². The van der Waals surface area contributed by atoms with Crippen molar-refractivity contribution in [2.45, 2.75) is 52.6 Å². The molecule has 0 N–H and O–H groups in total. The van der Waals surface area contributed by atoms with Gasteiger partial charge in [-0.15, -0.1) is 0 Å². The van der Waals surface area contributed by atoms with Crippen LogP contribution < -0.4 is 0 Å². The molecule has 6 nitrogen and oxygen atoms in total. The van der Waals surface area contributed by atoms with Gasteiger partial charge in [0.15, 0.2) is 5.70 Å². The Morgan fingerprint density at radius 2 is 1.67 bits per heavy atom. The molecule has 0 radical (unpaired) electrons. The molecule has 4 rings (SSSR count). The molecule has 0 aliphatic carbocycles. The van der Waals surface area contributed by atoms with Crippen LogP contribution in [0.2, 0.25) is 0 Å². The van der Waals surface area contributed by atoms with Gasteiger partial charge < -0.3 is 9.47 Å². The number of esters is 1. The zero-order chi connectivity index (χ0) is 24.0. The van der Waals surface area contributed by atoms with Gasteiger partial charge in [-0.05, 0) is 56.0 Å². The predicted octanol–water partition coefficient (Wildman–Crippen LogP) is 6.07. The van der Waals surface area contributed by atoms with Gasteiger partial charge in [-0.2, -0.15) is 0 Å². The fourth-order valence-electron chi connectivity index (χ4n) is 3.58. The van der Waals surface area contributed by atoms with Gasteiger partial charge in [0.05, 0.1) is 5.52 Å². The molecule has 6 heteroatoms. The minimum Gasteiger partial charge on any atom is -0.443 e. The lowest BCUT2D eigenvalue weighted by molar-refractivity contribution is -0.129. The molecule has 2 aromatic carbocycles. The number of carbonyl (C=O) groups is 2. The maximum absolute atomic E-state index is 12.7. The van der Waals surface area contributed by atoms with Crippen LogP contribution in [0, 0.1) is 0 Å². The summed E-state index contributed by atoms with van der Waals surface area (Å²) in [7, 11) is 0. The summed E-state index contributed by atoms with van der Waals surface area (Å²) in [5.74, 6) is -0.262. The Labute approximate surface area is 193 Å². The maximum atomic E-state index is 12.7. The van der Waals surface area contributed by atoms with Crippen LogP contribution in [0.1, 0.15) is 58.2 Å². The lowest BCUT2D eigenvalue weighted by atomic mass is 9.87. The number of cyclic esters (lactones) is 1. The summed E-state index contributed by atoms with van der Waals surface area (Å²) in [5, 5.41) is 0.807. The SMILES string of the molecule is CC(C)(C)OC(=O)n1cc(/C=C2/N=C(c3ccc(C(C)(C)C)cc3)OC2=O)c2ccccc21. The summed E-state index contributed by atoms with van der Waals surface area (Å²) in [4.78, 5) is 29.7. The largest absolute Gasteiger partial charge is 0.443 e. The highest BCUT2D eigenvalue weighted by molar-refractivity contribution is 6.13. The first kappa shape index (κ1) is 22.5. The van der Waals surface area contributed by atoms with Crippen LogP contribution in [-0.4, -0.2) is 28.1 Å². The van der Waals surface area contributed by atoms with E-state index in [0.29, 0.717) is 11.1 Å². The van der Waals surface area contributed by atoms with Crippen molar-refractivity contribution in [1.82, 2.24) is 4.57 Å². The monoisotopic (exact) mass is 444 g/mol. The molecule has 0 unspecified atom stereocenters. The Hall–Kier alpha value is -3.67. The minimum atomic E-state index is -0.627. The third-order valence-corrected chi connectivity index (χ3v) is 5.24. The molecule has 2 heterocycles. The van der Waals surface area contributed by atoms with Gasteiger partial charge in [0.25, 0.3) is 0 Å². The van der Waals surface area contributed by atoms with Gasteiger partial charge in [-0.25, -0.2) is 14.6 Å². The highest BCUT2D eigenvalue weighted by Gasteiger charge is 2.26. The van der Waals surface area contributed by atoms with Gasteiger partial charge in [-0.3, -0.25) is 4.57 Å². The zero-order valence-electron chi connectivity index (χ0n) is 19.8. The number of carbonyl (C=O) groups excluding carboxylic acids is 2. The second-order valence-electron chi connectivity index (χ2n) is 10.1. The van der Waals surface area contributed by atoms with Crippen LogP contribution >= 0.6 is 0 Å². The molecular formula is C27H28N2O4. The minimum absolute atomic E-state index is 0.0279. The number of fused-ring (bicyclic) bond motifs is 1. The third-order valence-electron chi connectivity index (χ3n) is 5.24. The first-order valence-electron chi connectivity index (χ1n) is 10.9. The Morgan fingerprint density at radius 3 is 2.30 bits per heavy atom. The Morgan fingerprint density at radius 1 is 1.00 bits per heavy atom. The highest BCUT2D eigenvalue weighted by atomic mass is 16.6. The normalized spacial score (nSPS) is 15.6. The molecule has 1 aliphatic rings. The average Bonchev–Trinajstić information content (AvgIpc) is 3.28. The molecule has 33 heavy (non-hydrogen) atoms. The first-order chi connectivity index (χ1) is 15.4. The van der Waals surface area contributed by atoms with E-state index in [1.807, 2.05) is 69.3 Å². The van der Waals surface area contributed by atoms with Crippen molar-refractivity contribution in [3.8, 4) is 0 Å². The van der Waals surface area contributed by atoms with Crippen molar-refractivity contribution in [2.75, 3.05) is 0 Å². The van der Waals surface area contributed by atoms with E-state index in [1.165, 1.54) is 10.1 Å². The third kappa shape index (κ3) is 4.75. The van der Waals surface area contributed by atoms with Crippen molar-refractivity contribution in [2.24, 2.45) is 4.99 Å². The second kappa shape index (κ2) is 8.03. The number of hydrogen-bond acceptors (Lipinski definition) is 5. The molecule has 0 amide bonds. The summed E-state index contributed by atoms with van der Waals surface area (Å²) in [6, 6.07) is 15.3. The van der Waals surface area contributed by atoms with E-state index in [2.05, 4.69) is 25.8 Å². The Bertz CT molecular complexity index is 1300. The van der Waals surface area contributed by atoms with E-state index in [9.17, 15) is 9.59 Å². The first-order valence-corrected chi connectivity index (χ1v) is 10.9. The Balaban J connectivity index is 1.70. The fourth-order valence-corrected chi connectivity index (χ4v) is 3.58. The second-order valence-corrected chi connectivity index (χ2v) is 10.1. The average molecular weight is 445 g/mol. The quantitative estimate of drug-likeness (QED) is 0.355. The zero-order valence-corrected chi connectivity index (χ0v) is 19.8. The van der Waals surface area contributed by atoms with Crippen molar-refractivity contribution >= 4 is 34.9 Å². The van der Waals surface area contributed by atoms with Crippen molar-refractivity contribution in [3.63, 3.8) is 0 Å². The summed E-state index contributed by atoms with van der Waals surface area (Å²) in [6.45, 7) is 11.9. The van der Waals surface area contributed by atoms with Crippen molar-refractivity contribution < 1.29 is 19.1 Å². The Kier molecular flexibility index (Phi) is 5.48. The number of para-hydroxylation sites is 1. The van der Waals surface area contributed by atoms with Crippen LogP contribution in [0.3, 0.4) is 0 Å². The van der Waals surface area contributed by atoms with Gasteiger partial charge in [0, 0.05) is 22.7 Å². The predicted molar refractivity (Wildman–Crippen MR) is 129 cm³/mol. The molecule has 3 aromatic rings. The van der Waals surface area contributed by atoms with Crippen LogP contribution in [-0.2, 0) is 19.7 Å². The van der Waals surface area contributed by atoms with Crippen LogP contribution in [0.4, 0.5) is 4.79 Å². The number of ether oxygens (including phenoxy) is 2. The molecule has 0 atom stereocenters.